The fourth-order valence-corrected chi connectivity index (χ4v) is 1.97. The molecule has 0 aliphatic carbocycles. The van der Waals surface area contributed by atoms with E-state index < -0.39 is 0 Å². The summed E-state index contributed by atoms with van der Waals surface area (Å²) in [5.41, 5.74) is 6.84. The number of hydrogen-bond donors (Lipinski definition) is 3. The van der Waals surface area contributed by atoms with Crippen molar-refractivity contribution in [3.8, 4) is 0 Å². The number of carbonyl (C=O) groups excluding carboxylic acids is 1. The second-order valence-electron chi connectivity index (χ2n) is 4.42. The quantitative estimate of drug-likeness (QED) is 0.597. The van der Waals surface area contributed by atoms with E-state index in [4.69, 9.17) is 12.2 Å². The van der Waals surface area contributed by atoms with Gasteiger partial charge in [-0.25, -0.2) is 0 Å². The fourth-order valence-electron chi connectivity index (χ4n) is 1.75. The molecule has 0 bridgehead atoms. The van der Waals surface area contributed by atoms with Crippen molar-refractivity contribution in [1.29, 1.82) is 0 Å². The lowest BCUT2D eigenvalue weighted by Crippen LogP contribution is -2.47. The molecule has 21 heavy (non-hydrogen) atoms. The summed E-state index contributed by atoms with van der Waals surface area (Å²) in [7, 11) is 0. The Morgan fingerprint density at radius 1 is 1.10 bits per heavy atom. The van der Waals surface area contributed by atoms with Crippen LogP contribution in [0.1, 0.15) is 28.9 Å². The Bertz CT molecular complexity index is 604. The smallest absolute Gasteiger partial charge is 0.269 e. The molecular weight excluding hydrogens is 284 g/mol. The molecule has 1 amide bonds. The average Bonchev–Trinajstić information content (AvgIpc) is 2.54. The number of hydrogen-bond acceptors (Lipinski definition) is 3. The molecule has 2 aromatic rings. The van der Waals surface area contributed by atoms with E-state index in [0.29, 0.717) is 10.7 Å². The van der Waals surface area contributed by atoms with Crippen molar-refractivity contribution in [2.24, 2.45) is 0 Å². The summed E-state index contributed by atoms with van der Waals surface area (Å²) in [6, 6.07) is 13.2. The molecule has 0 unspecified atom stereocenters. The monoisotopic (exact) mass is 300 g/mol. The van der Waals surface area contributed by atoms with Gasteiger partial charge in [-0.3, -0.25) is 20.6 Å². The van der Waals surface area contributed by atoms with Gasteiger partial charge in [0.1, 0.15) is 0 Å². The third kappa shape index (κ3) is 4.54. The molecular formula is C15H16N4OS. The minimum Gasteiger partial charge on any atom is -0.355 e. The summed E-state index contributed by atoms with van der Waals surface area (Å²) >= 11 is 5.15. The number of aromatic nitrogens is 1. The van der Waals surface area contributed by atoms with E-state index in [2.05, 4.69) is 21.2 Å². The van der Waals surface area contributed by atoms with Crippen LogP contribution in [0.15, 0.2) is 54.9 Å². The molecule has 1 aromatic carbocycles. The van der Waals surface area contributed by atoms with E-state index in [1.165, 1.54) is 0 Å². The lowest BCUT2D eigenvalue weighted by atomic mass is 10.1. The van der Waals surface area contributed by atoms with Crippen LogP contribution < -0.4 is 16.2 Å². The molecule has 0 aliphatic heterocycles. The summed E-state index contributed by atoms with van der Waals surface area (Å²) in [4.78, 5) is 15.7. The van der Waals surface area contributed by atoms with E-state index in [0.717, 1.165) is 5.56 Å². The number of hydrazine groups is 1. The average molecular weight is 300 g/mol. The van der Waals surface area contributed by atoms with Crippen LogP contribution in [0.4, 0.5) is 0 Å². The number of nitrogens with one attached hydrogen (secondary N) is 3. The third-order valence-corrected chi connectivity index (χ3v) is 3.10. The normalized spacial score (nSPS) is 11.3. The lowest BCUT2D eigenvalue weighted by Gasteiger charge is -2.17. The Labute approximate surface area is 128 Å². The molecule has 108 valence electrons. The molecule has 0 saturated carbocycles. The molecule has 0 saturated heterocycles. The van der Waals surface area contributed by atoms with Crippen molar-refractivity contribution in [3.63, 3.8) is 0 Å². The predicted molar refractivity (Wildman–Crippen MR) is 85.4 cm³/mol. The minimum absolute atomic E-state index is 0.0454. The van der Waals surface area contributed by atoms with Crippen molar-refractivity contribution in [2.45, 2.75) is 13.0 Å². The number of rotatable bonds is 3. The number of pyridine rings is 1. The Balaban J connectivity index is 1.81. The van der Waals surface area contributed by atoms with Gasteiger partial charge in [0.05, 0.1) is 6.04 Å². The van der Waals surface area contributed by atoms with Crippen LogP contribution in [0.25, 0.3) is 0 Å². The van der Waals surface area contributed by atoms with Gasteiger partial charge in [-0.05, 0) is 36.8 Å². The molecule has 5 nitrogen and oxygen atoms in total. The zero-order valence-corrected chi connectivity index (χ0v) is 12.4. The highest BCUT2D eigenvalue weighted by molar-refractivity contribution is 7.80. The number of nitrogens with zero attached hydrogens (tertiary/aromatic N) is 1. The van der Waals surface area contributed by atoms with Crippen LogP contribution in [-0.2, 0) is 0 Å². The van der Waals surface area contributed by atoms with Gasteiger partial charge >= 0.3 is 0 Å². The largest absolute Gasteiger partial charge is 0.355 e. The van der Waals surface area contributed by atoms with Crippen LogP contribution in [0.2, 0.25) is 0 Å². The molecule has 0 fully saturated rings. The Morgan fingerprint density at radius 3 is 2.43 bits per heavy atom. The summed E-state index contributed by atoms with van der Waals surface area (Å²) < 4.78 is 0. The van der Waals surface area contributed by atoms with E-state index >= 15 is 0 Å². The van der Waals surface area contributed by atoms with E-state index in [-0.39, 0.29) is 11.9 Å². The first-order chi connectivity index (χ1) is 10.2. The van der Waals surface area contributed by atoms with Crippen LogP contribution in [0, 0.1) is 0 Å². The minimum atomic E-state index is -0.270. The zero-order chi connectivity index (χ0) is 15.1. The van der Waals surface area contributed by atoms with Gasteiger partial charge in [-0.2, -0.15) is 0 Å². The Kier molecular flexibility index (Phi) is 5.22. The van der Waals surface area contributed by atoms with Gasteiger partial charge in [0.2, 0.25) is 0 Å². The molecule has 0 radical (unpaired) electrons. The van der Waals surface area contributed by atoms with Gasteiger partial charge in [0.15, 0.2) is 5.11 Å². The molecule has 3 N–H and O–H groups in total. The summed E-state index contributed by atoms with van der Waals surface area (Å²) in [5, 5.41) is 3.45. The van der Waals surface area contributed by atoms with Crippen LogP contribution in [-0.4, -0.2) is 16.0 Å². The molecule has 2 rings (SSSR count). The first kappa shape index (κ1) is 14.9. The van der Waals surface area contributed by atoms with E-state index in [9.17, 15) is 4.79 Å². The lowest BCUT2D eigenvalue weighted by molar-refractivity contribution is 0.0943. The second-order valence-corrected chi connectivity index (χ2v) is 4.83. The molecule has 1 heterocycles. The zero-order valence-electron chi connectivity index (χ0n) is 11.5. The SMILES string of the molecule is C[C@H](NC(=S)NNC(=O)c1ccncc1)c1ccccc1. The number of benzene rings is 1. The number of carbonyl (C=O) groups is 1. The topological polar surface area (TPSA) is 66.0 Å². The summed E-state index contributed by atoms with van der Waals surface area (Å²) in [5.74, 6) is -0.270. The van der Waals surface area contributed by atoms with E-state index in [1.807, 2.05) is 37.3 Å². The van der Waals surface area contributed by atoms with Gasteiger partial charge in [-0.15, -0.1) is 0 Å². The molecule has 1 aromatic heterocycles. The van der Waals surface area contributed by atoms with Crippen molar-refractivity contribution < 1.29 is 4.79 Å². The van der Waals surface area contributed by atoms with Crippen molar-refractivity contribution in [1.82, 2.24) is 21.2 Å². The molecule has 0 spiro atoms. The summed E-state index contributed by atoms with van der Waals surface area (Å²) in [6.45, 7) is 1.99. The van der Waals surface area contributed by atoms with Gasteiger partial charge < -0.3 is 5.32 Å². The maximum absolute atomic E-state index is 11.8. The summed E-state index contributed by atoms with van der Waals surface area (Å²) in [6.07, 6.45) is 3.12. The third-order valence-electron chi connectivity index (χ3n) is 2.88. The highest BCUT2D eigenvalue weighted by Gasteiger charge is 2.08. The van der Waals surface area contributed by atoms with Crippen LogP contribution in [0.3, 0.4) is 0 Å². The van der Waals surface area contributed by atoms with Crippen molar-refractivity contribution in [3.05, 3.63) is 66.0 Å². The van der Waals surface area contributed by atoms with Gasteiger partial charge in [0.25, 0.3) is 5.91 Å². The Hall–Kier alpha value is -2.47. The first-order valence-electron chi connectivity index (χ1n) is 6.48. The van der Waals surface area contributed by atoms with E-state index in [1.54, 1.807) is 24.5 Å². The van der Waals surface area contributed by atoms with Crippen molar-refractivity contribution >= 4 is 23.2 Å². The van der Waals surface area contributed by atoms with Crippen LogP contribution in [0.5, 0.6) is 0 Å². The fraction of sp³-hybridized carbons (Fsp3) is 0.133. The maximum atomic E-state index is 11.8. The molecule has 0 aliphatic rings. The maximum Gasteiger partial charge on any atom is 0.269 e. The number of amides is 1. The standard InChI is InChI=1S/C15H16N4OS/c1-11(12-5-3-2-4-6-12)17-15(21)19-18-14(20)13-7-9-16-10-8-13/h2-11H,1H3,(H,18,20)(H2,17,19,21)/t11-/m0/s1. The number of thiocarbonyl (C=S) groups is 1. The highest BCUT2D eigenvalue weighted by atomic mass is 32.1. The van der Waals surface area contributed by atoms with Gasteiger partial charge in [0, 0.05) is 18.0 Å². The second kappa shape index (κ2) is 7.35. The van der Waals surface area contributed by atoms with Gasteiger partial charge in [-0.1, -0.05) is 30.3 Å². The molecule has 6 heteroatoms. The van der Waals surface area contributed by atoms with Crippen molar-refractivity contribution in [2.75, 3.05) is 0 Å². The Morgan fingerprint density at radius 2 is 1.76 bits per heavy atom. The molecule has 1 atom stereocenters. The first-order valence-corrected chi connectivity index (χ1v) is 6.89. The van der Waals surface area contributed by atoms with Crippen LogP contribution >= 0.6 is 12.2 Å². The highest BCUT2D eigenvalue weighted by Crippen LogP contribution is 2.10. The predicted octanol–water partition coefficient (Wildman–Crippen LogP) is 1.95.